The molecule has 1 aromatic rings. The van der Waals surface area contributed by atoms with Crippen LogP contribution in [0.15, 0.2) is 24.3 Å². The smallest absolute Gasteiger partial charge is 0.230 e. The van der Waals surface area contributed by atoms with E-state index in [0.717, 1.165) is 36.8 Å². The Balaban J connectivity index is 1.88. The van der Waals surface area contributed by atoms with E-state index in [0.29, 0.717) is 6.04 Å². The summed E-state index contributed by atoms with van der Waals surface area (Å²) in [7, 11) is 0. The van der Waals surface area contributed by atoms with Gasteiger partial charge in [0.05, 0.1) is 5.41 Å². The molecule has 3 nitrogen and oxygen atoms in total. The number of hydrogen-bond donors (Lipinski definition) is 2. The highest BCUT2D eigenvalue weighted by atomic mass is 16.2. The normalized spacial score (nSPS) is 21.1. The first-order chi connectivity index (χ1) is 9.43. The van der Waals surface area contributed by atoms with E-state index in [1.807, 2.05) is 26.0 Å². The third-order valence-corrected chi connectivity index (χ3v) is 4.93. The van der Waals surface area contributed by atoms with Crippen LogP contribution in [0.2, 0.25) is 0 Å². The van der Waals surface area contributed by atoms with Crippen LogP contribution in [0.5, 0.6) is 0 Å². The molecule has 0 aromatic heterocycles. The number of benzene rings is 1. The maximum Gasteiger partial charge on any atom is 0.230 e. The predicted octanol–water partition coefficient (Wildman–Crippen LogP) is 2.58. The third-order valence-electron chi connectivity index (χ3n) is 4.93. The van der Waals surface area contributed by atoms with Gasteiger partial charge in [-0.2, -0.15) is 0 Å². The van der Waals surface area contributed by atoms with E-state index in [-0.39, 0.29) is 11.4 Å². The summed E-state index contributed by atoms with van der Waals surface area (Å²) in [5.74, 6) is 0.124. The molecule has 2 fully saturated rings. The van der Waals surface area contributed by atoms with Gasteiger partial charge in [-0.1, -0.05) is 24.3 Å². The molecule has 0 radical (unpaired) electrons. The second-order valence-corrected chi connectivity index (χ2v) is 6.93. The first kappa shape index (κ1) is 13.6. The molecule has 0 spiro atoms. The fourth-order valence-electron chi connectivity index (χ4n) is 2.91. The average Bonchev–Trinajstić information content (AvgIpc) is 3.13. The first-order valence-corrected chi connectivity index (χ1v) is 7.63. The summed E-state index contributed by atoms with van der Waals surface area (Å²) in [6.45, 7) is 4.01. The summed E-state index contributed by atoms with van der Waals surface area (Å²) in [5, 5.41) is 3.17. The van der Waals surface area contributed by atoms with Gasteiger partial charge in [-0.25, -0.2) is 0 Å². The molecular formula is C17H24N2O. The van der Waals surface area contributed by atoms with Crippen molar-refractivity contribution < 1.29 is 4.79 Å². The lowest BCUT2D eigenvalue weighted by molar-refractivity contribution is -0.126. The van der Waals surface area contributed by atoms with Gasteiger partial charge in [0, 0.05) is 11.6 Å². The molecule has 1 amide bonds. The largest absolute Gasteiger partial charge is 0.353 e. The SMILES string of the molecule is CC(C)(C(=O)NC1CCC1)c1ccccc1C1(N)CC1. The summed E-state index contributed by atoms with van der Waals surface area (Å²) < 4.78 is 0. The van der Waals surface area contributed by atoms with Gasteiger partial charge in [-0.3, -0.25) is 4.79 Å². The molecule has 0 heterocycles. The summed E-state index contributed by atoms with van der Waals surface area (Å²) >= 11 is 0. The zero-order chi connectivity index (χ0) is 14.4. The van der Waals surface area contributed by atoms with E-state index in [4.69, 9.17) is 5.73 Å². The highest BCUT2D eigenvalue weighted by Crippen LogP contribution is 2.46. The molecule has 2 saturated carbocycles. The van der Waals surface area contributed by atoms with E-state index >= 15 is 0 Å². The van der Waals surface area contributed by atoms with Gasteiger partial charge >= 0.3 is 0 Å². The Morgan fingerprint density at radius 2 is 1.95 bits per heavy atom. The second kappa shape index (κ2) is 4.59. The number of amides is 1. The molecule has 108 valence electrons. The highest BCUT2D eigenvalue weighted by molar-refractivity contribution is 5.88. The van der Waals surface area contributed by atoms with Crippen LogP contribution in [0.4, 0.5) is 0 Å². The van der Waals surface area contributed by atoms with Crippen molar-refractivity contribution in [1.29, 1.82) is 0 Å². The van der Waals surface area contributed by atoms with Crippen molar-refractivity contribution >= 4 is 5.91 Å². The summed E-state index contributed by atoms with van der Waals surface area (Å²) in [6.07, 6.45) is 5.50. The van der Waals surface area contributed by atoms with Crippen LogP contribution in [-0.2, 0) is 15.7 Å². The molecule has 0 saturated heterocycles. The minimum absolute atomic E-state index is 0.124. The van der Waals surface area contributed by atoms with Crippen LogP contribution in [0, 0.1) is 0 Å². The Morgan fingerprint density at radius 1 is 1.30 bits per heavy atom. The Morgan fingerprint density at radius 3 is 2.50 bits per heavy atom. The lowest BCUT2D eigenvalue weighted by Gasteiger charge is -2.33. The van der Waals surface area contributed by atoms with Gasteiger partial charge in [-0.15, -0.1) is 0 Å². The number of carbonyl (C=O) groups excluding carboxylic acids is 1. The molecule has 0 aliphatic heterocycles. The van der Waals surface area contributed by atoms with Crippen molar-refractivity contribution in [1.82, 2.24) is 5.32 Å². The zero-order valence-electron chi connectivity index (χ0n) is 12.4. The average molecular weight is 272 g/mol. The first-order valence-electron chi connectivity index (χ1n) is 7.63. The molecular weight excluding hydrogens is 248 g/mol. The maximum atomic E-state index is 12.6. The fourth-order valence-corrected chi connectivity index (χ4v) is 2.91. The Bertz CT molecular complexity index is 528. The summed E-state index contributed by atoms with van der Waals surface area (Å²) in [4.78, 5) is 12.6. The van der Waals surface area contributed by atoms with Crippen LogP contribution < -0.4 is 11.1 Å². The second-order valence-electron chi connectivity index (χ2n) is 6.93. The summed E-state index contributed by atoms with van der Waals surface area (Å²) in [6, 6.07) is 8.54. The highest BCUT2D eigenvalue weighted by Gasteiger charge is 2.45. The molecule has 2 aliphatic rings. The van der Waals surface area contributed by atoms with E-state index in [1.165, 1.54) is 6.42 Å². The van der Waals surface area contributed by atoms with Gasteiger partial charge in [0.15, 0.2) is 0 Å². The lowest BCUT2D eigenvalue weighted by Crippen LogP contribution is -2.48. The Hall–Kier alpha value is -1.35. The van der Waals surface area contributed by atoms with E-state index < -0.39 is 5.41 Å². The molecule has 3 N–H and O–H groups in total. The monoisotopic (exact) mass is 272 g/mol. The van der Waals surface area contributed by atoms with Gasteiger partial charge in [0.25, 0.3) is 0 Å². The lowest BCUT2D eigenvalue weighted by atomic mass is 9.78. The Kier molecular flexibility index (Phi) is 3.13. The minimum atomic E-state index is -0.527. The van der Waals surface area contributed by atoms with Crippen LogP contribution in [0.3, 0.4) is 0 Å². The quantitative estimate of drug-likeness (QED) is 0.885. The van der Waals surface area contributed by atoms with Crippen molar-refractivity contribution in [3.63, 3.8) is 0 Å². The maximum absolute atomic E-state index is 12.6. The molecule has 0 bridgehead atoms. The van der Waals surface area contributed by atoms with Crippen LogP contribution in [-0.4, -0.2) is 11.9 Å². The number of hydrogen-bond acceptors (Lipinski definition) is 2. The number of carbonyl (C=O) groups is 1. The molecule has 3 heteroatoms. The topological polar surface area (TPSA) is 55.1 Å². The van der Waals surface area contributed by atoms with Gasteiger partial charge in [-0.05, 0) is 57.1 Å². The molecule has 3 rings (SSSR count). The van der Waals surface area contributed by atoms with Crippen LogP contribution >= 0.6 is 0 Å². The molecule has 1 aromatic carbocycles. The van der Waals surface area contributed by atoms with Crippen molar-refractivity contribution in [2.45, 2.75) is 62.9 Å². The van der Waals surface area contributed by atoms with Gasteiger partial charge in [0.1, 0.15) is 0 Å². The van der Waals surface area contributed by atoms with E-state index in [9.17, 15) is 4.79 Å². The Labute approximate surface area is 120 Å². The zero-order valence-corrected chi connectivity index (χ0v) is 12.4. The van der Waals surface area contributed by atoms with Crippen LogP contribution in [0.1, 0.15) is 57.1 Å². The number of nitrogens with one attached hydrogen (secondary N) is 1. The van der Waals surface area contributed by atoms with Gasteiger partial charge < -0.3 is 11.1 Å². The van der Waals surface area contributed by atoms with Crippen molar-refractivity contribution in [2.24, 2.45) is 5.73 Å². The van der Waals surface area contributed by atoms with Gasteiger partial charge in [0.2, 0.25) is 5.91 Å². The van der Waals surface area contributed by atoms with Crippen molar-refractivity contribution in [3.8, 4) is 0 Å². The van der Waals surface area contributed by atoms with Crippen molar-refractivity contribution in [2.75, 3.05) is 0 Å². The van der Waals surface area contributed by atoms with E-state index in [1.54, 1.807) is 0 Å². The molecule has 20 heavy (non-hydrogen) atoms. The van der Waals surface area contributed by atoms with E-state index in [2.05, 4.69) is 17.4 Å². The predicted molar refractivity (Wildman–Crippen MR) is 80.3 cm³/mol. The minimum Gasteiger partial charge on any atom is -0.353 e. The number of nitrogens with two attached hydrogens (primary N) is 1. The van der Waals surface area contributed by atoms with Crippen molar-refractivity contribution in [3.05, 3.63) is 35.4 Å². The standard InChI is InChI=1S/C17H24N2O/c1-16(2,15(20)19-12-6-5-7-12)13-8-3-4-9-14(13)17(18)10-11-17/h3-4,8-9,12H,5-7,10-11,18H2,1-2H3,(H,19,20). The fraction of sp³-hybridized carbons (Fsp3) is 0.588. The molecule has 2 aliphatic carbocycles. The van der Waals surface area contributed by atoms with Crippen LogP contribution in [0.25, 0.3) is 0 Å². The molecule has 0 unspecified atom stereocenters. The summed E-state index contributed by atoms with van der Waals surface area (Å²) in [5.41, 5.74) is 7.87. The third kappa shape index (κ3) is 2.24. The number of rotatable bonds is 4. The molecule has 0 atom stereocenters.